The summed E-state index contributed by atoms with van der Waals surface area (Å²) in [6.45, 7) is 0.180. The molecule has 0 unspecified atom stereocenters. The Kier molecular flexibility index (Phi) is 5.63. The van der Waals surface area contributed by atoms with E-state index in [9.17, 15) is 0 Å². The highest BCUT2D eigenvalue weighted by molar-refractivity contribution is 8.00. The maximum Gasteiger partial charge on any atom is 0.256 e. The second-order valence-electron chi connectivity index (χ2n) is 17.0. The van der Waals surface area contributed by atoms with Gasteiger partial charge in [0.1, 0.15) is 11.5 Å². The molecule has 0 saturated carbocycles. The first-order valence-electron chi connectivity index (χ1n) is 21.2. The molecule has 0 N–H and O–H groups in total. The van der Waals surface area contributed by atoms with Gasteiger partial charge in [0, 0.05) is 70.2 Å². The van der Waals surface area contributed by atoms with Crippen LogP contribution >= 0.6 is 11.8 Å². The van der Waals surface area contributed by atoms with E-state index in [1.807, 2.05) is 11.8 Å². The van der Waals surface area contributed by atoms with Crippen molar-refractivity contribution in [3.8, 4) is 28.6 Å². The number of hydrogen-bond donors (Lipinski definition) is 0. The third-order valence-corrected chi connectivity index (χ3v) is 15.5. The van der Waals surface area contributed by atoms with Crippen molar-refractivity contribution in [3.05, 3.63) is 176 Å². The van der Waals surface area contributed by atoms with Crippen molar-refractivity contribution in [1.82, 2.24) is 13.7 Å². The highest BCUT2D eigenvalue weighted by Crippen LogP contribution is 2.51. The van der Waals surface area contributed by atoms with Crippen molar-refractivity contribution in [2.45, 2.75) is 9.79 Å². The van der Waals surface area contributed by atoms with E-state index < -0.39 is 0 Å². The summed E-state index contributed by atoms with van der Waals surface area (Å²) in [5, 5.41) is 7.68. The smallest absolute Gasteiger partial charge is 0.256 e. The molecule has 61 heavy (non-hydrogen) atoms. The van der Waals surface area contributed by atoms with Crippen LogP contribution in [0.3, 0.4) is 0 Å². The number of para-hydroxylation sites is 5. The number of nitrogens with zero attached hydrogens (tertiary/aromatic N) is 3. The minimum Gasteiger partial charge on any atom is -0.458 e. The predicted molar refractivity (Wildman–Crippen MR) is 256 cm³/mol. The summed E-state index contributed by atoms with van der Waals surface area (Å²) in [6.07, 6.45) is 0. The SMILES string of the molecule is c1ccc(-n2c3ccccc3c3c2c2c4cccc5c4n(c2c2c4cccc6c4n(c32)-c2cccc3c2B6c2ccccc2S3)-c2cccc3c2B5c2ccccc2O3)cc1. The van der Waals surface area contributed by atoms with Gasteiger partial charge in [-0.2, -0.15) is 0 Å². The van der Waals surface area contributed by atoms with Crippen LogP contribution in [0, 0.1) is 0 Å². The number of rotatable bonds is 1. The molecule has 4 nitrogen and oxygen atoms in total. The maximum atomic E-state index is 6.80. The Labute approximate surface area is 354 Å². The Morgan fingerprint density at radius 1 is 0.361 bits per heavy atom. The number of fused-ring (bicyclic) bond motifs is 20. The lowest BCUT2D eigenvalue weighted by atomic mass is 9.34. The Bertz CT molecular complexity index is 4030. The molecule has 9 aromatic carbocycles. The molecule has 3 aromatic heterocycles. The molecule has 0 spiro atoms. The first kappa shape index (κ1) is 31.6. The standard InChI is InChI=1S/C54H29B2N3OS/c1-2-14-30(15-3-1)57-38-23-7-4-16-31(38)45-52(57)46-32-17-10-21-36-50(32)58(39-24-12-27-42-48(39)55(36)34-19-5-8-26-41(34)60-42)54(46)47-33-18-11-22-37-51(33)59(53(45)47)40-25-13-29-44-49(40)56(37)35-20-6-9-28-43(35)61-44/h1-29H. The lowest BCUT2D eigenvalue weighted by Gasteiger charge is -2.33. The zero-order chi connectivity index (χ0) is 39.2. The quantitative estimate of drug-likeness (QED) is 0.155. The Morgan fingerprint density at radius 3 is 1.67 bits per heavy atom. The molecule has 7 heteroatoms. The Hall–Kier alpha value is -7.34. The van der Waals surface area contributed by atoms with Gasteiger partial charge < -0.3 is 18.4 Å². The minimum atomic E-state index is 0.0443. The second kappa shape index (κ2) is 10.9. The van der Waals surface area contributed by atoms with Crippen LogP contribution in [0.4, 0.5) is 0 Å². The van der Waals surface area contributed by atoms with Crippen LogP contribution < -0.4 is 37.5 Å². The van der Waals surface area contributed by atoms with Crippen LogP contribution in [0.1, 0.15) is 0 Å². The predicted octanol–water partition coefficient (Wildman–Crippen LogP) is 9.21. The summed E-state index contributed by atoms with van der Waals surface area (Å²) in [7, 11) is 0. The molecule has 0 atom stereocenters. The first-order valence-corrected chi connectivity index (χ1v) is 22.0. The fourth-order valence-electron chi connectivity index (χ4n) is 12.2. The van der Waals surface area contributed by atoms with Gasteiger partial charge in [-0.25, -0.2) is 0 Å². The topological polar surface area (TPSA) is 24.0 Å². The summed E-state index contributed by atoms with van der Waals surface area (Å²) in [4.78, 5) is 2.68. The number of hydrogen-bond acceptors (Lipinski definition) is 2. The van der Waals surface area contributed by atoms with E-state index in [0.717, 1.165) is 17.2 Å². The zero-order valence-electron chi connectivity index (χ0n) is 32.6. The summed E-state index contributed by atoms with van der Waals surface area (Å²) < 4.78 is 14.7. The lowest BCUT2D eigenvalue weighted by Crippen LogP contribution is -2.58. The van der Waals surface area contributed by atoms with E-state index in [1.165, 1.54) is 119 Å². The average molecular weight is 790 g/mol. The van der Waals surface area contributed by atoms with Crippen molar-refractivity contribution < 1.29 is 4.74 Å². The van der Waals surface area contributed by atoms with E-state index >= 15 is 0 Å². The van der Waals surface area contributed by atoms with Gasteiger partial charge in [-0.05, 0) is 81.9 Å². The molecule has 0 amide bonds. The highest BCUT2D eigenvalue weighted by atomic mass is 32.2. The van der Waals surface area contributed by atoms with Gasteiger partial charge in [0.25, 0.3) is 6.71 Å². The molecule has 0 saturated heterocycles. The van der Waals surface area contributed by atoms with Crippen LogP contribution in [-0.2, 0) is 0 Å². The molecule has 0 aliphatic carbocycles. The molecule has 0 radical (unpaired) electrons. The van der Waals surface area contributed by atoms with Crippen molar-refractivity contribution in [2.75, 3.05) is 0 Å². The molecule has 16 rings (SSSR count). The van der Waals surface area contributed by atoms with E-state index in [4.69, 9.17) is 4.74 Å². The van der Waals surface area contributed by atoms with Crippen LogP contribution in [-0.4, -0.2) is 27.1 Å². The fraction of sp³-hybridized carbons (Fsp3) is 0. The van der Waals surface area contributed by atoms with Gasteiger partial charge >= 0.3 is 0 Å². The van der Waals surface area contributed by atoms with E-state index in [1.54, 1.807) is 0 Å². The summed E-state index contributed by atoms with van der Waals surface area (Å²) >= 11 is 1.91. The molecule has 7 heterocycles. The molecule has 0 fully saturated rings. The summed E-state index contributed by atoms with van der Waals surface area (Å²) in [5.74, 6) is 1.87. The molecule has 278 valence electrons. The molecule has 0 bridgehead atoms. The summed E-state index contributed by atoms with van der Waals surface area (Å²) in [5.41, 5.74) is 19.1. The lowest BCUT2D eigenvalue weighted by molar-refractivity contribution is 0.487. The first-order chi connectivity index (χ1) is 30.3. The maximum absolute atomic E-state index is 6.80. The van der Waals surface area contributed by atoms with Crippen LogP contribution in [0.25, 0.3) is 82.5 Å². The van der Waals surface area contributed by atoms with E-state index in [-0.39, 0.29) is 13.4 Å². The van der Waals surface area contributed by atoms with Crippen LogP contribution in [0.15, 0.2) is 186 Å². The van der Waals surface area contributed by atoms with Crippen LogP contribution in [0.5, 0.6) is 11.5 Å². The fourth-order valence-corrected chi connectivity index (χ4v) is 13.4. The van der Waals surface area contributed by atoms with Gasteiger partial charge in [-0.15, -0.1) is 0 Å². The second-order valence-corrected chi connectivity index (χ2v) is 18.1. The average Bonchev–Trinajstić information content (AvgIpc) is 3.96. The monoisotopic (exact) mass is 789 g/mol. The van der Waals surface area contributed by atoms with E-state index in [0.29, 0.717) is 0 Å². The van der Waals surface area contributed by atoms with E-state index in [2.05, 4.69) is 190 Å². The third-order valence-electron chi connectivity index (χ3n) is 14.3. The van der Waals surface area contributed by atoms with Crippen molar-refractivity contribution >= 4 is 123 Å². The normalized spacial score (nSPS) is 13.9. The van der Waals surface area contributed by atoms with Gasteiger partial charge in [-0.1, -0.05) is 139 Å². The summed E-state index contributed by atoms with van der Waals surface area (Å²) in [6, 6.07) is 65.6. The van der Waals surface area contributed by atoms with Crippen LogP contribution in [0.2, 0.25) is 0 Å². The largest absolute Gasteiger partial charge is 0.458 e. The molecule has 4 aliphatic heterocycles. The highest BCUT2D eigenvalue weighted by Gasteiger charge is 2.43. The Morgan fingerprint density at radius 2 is 0.885 bits per heavy atom. The van der Waals surface area contributed by atoms with Crippen molar-refractivity contribution in [1.29, 1.82) is 0 Å². The molecular formula is C54H29B2N3OS. The zero-order valence-corrected chi connectivity index (χ0v) is 33.4. The van der Waals surface area contributed by atoms with Crippen molar-refractivity contribution in [3.63, 3.8) is 0 Å². The van der Waals surface area contributed by atoms with Gasteiger partial charge in [0.05, 0.1) is 22.1 Å². The van der Waals surface area contributed by atoms with Gasteiger partial charge in [0.2, 0.25) is 6.71 Å². The molecule has 4 aliphatic rings. The van der Waals surface area contributed by atoms with Gasteiger partial charge in [0.15, 0.2) is 0 Å². The Balaban J connectivity index is 1.22. The number of ether oxygens (including phenoxy) is 1. The third kappa shape index (κ3) is 3.60. The molecular weight excluding hydrogens is 760 g/mol. The molecule has 12 aromatic rings. The van der Waals surface area contributed by atoms with Gasteiger partial charge in [-0.3, -0.25) is 0 Å². The number of aromatic nitrogens is 3. The minimum absolute atomic E-state index is 0.0443. The number of benzene rings is 9. The van der Waals surface area contributed by atoms with Crippen molar-refractivity contribution in [2.24, 2.45) is 0 Å².